The number of aromatic nitrogens is 3. The van der Waals surface area contributed by atoms with Crippen molar-refractivity contribution in [1.29, 1.82) is 0 Å². The lowest BCUT2D eigenvalue weighted by molar-refractivity contribution is -0.137. The first kappa shape index (κ1) is 36.3. The Bertz CT molecular complexity index is 1940. The van der Waals surface area contributed by atoms with Crippen LogP contribution in [0.25, 0.3) is 10.9 Å². The highest BCUT2D eigenvalue weighted by atomic mass is 79.9. The molecule has 4 heterocycles. The number of amides is 2. The molecule has 0 aliphatic carbocycles. The number of fused-ring (bicyclic) bond motifs is 1. The summed E-state index contributed by atoms with van der Waals surface area (Å²) in [6.07, 6.45) is -1.18. The summed E-state index contributed by atoms with van der Waals surface area (Å²) < 4.78 is 51.9. The van der Waals surface area contributed by atoms with Crippen LogP contribution in [0, 0.1) is 0 Å². The van der Waals surface area contributed by atoms with Gasteiger partial charge in [0.15, 0.2) is 0 Å². The number of carbonyl (C=O) groups excluding carboxylic acids is 2. The first-order chi connectivity index (χ1) is 23.4. The molecule has 10 nitrogen and oxygen atoms in total. The summed E-state index contributed by atoms with van der Waals surface area (Å²) in [7, 11) is 1.85. The van der Waals surface area contributed by atoms with Crippen LogP contribution >= 0.6 is 17.0 Å². The number of hydrogen-bond acceptors (Lipinski definition) is 7. The molecule has 0 atom stereocenters. The normalized spacial score (nSPS) is 13.6. The average Bonchev–Trinajstić information content (AvgIpc) is 3.41. The van der Waals surface area contributed by atoms with Gasteiger partial charge in [-0.2, -0.15) is 13.2 Å². The van der Waals surface area contributed by atoms with E-state index >= 15 is 0 Å². The van der Waals surface area contributed by atoms with E-state index in [1.807, 2.05) is 66.9 Å². The van der Waals surface area contributed by atoms with Gasteiger partial charge in [0, 0.05) is 75.1 Å². The molecule has 1 fully saturated rings. The van der Waals surface area contributed by atoms with E-state index in [4.69, 9.17) is 9.47 Å². The largest absolute Gasteiger partial charge is 0.475 e. The van der Waals surface area contributed by atoms with Gasteiger partial charge in [-0.1, -0.05) is 6.07 Å². The van der Waals surface area contributed by atoms with Gasteiger partial charge in [-0.15, -0.1) is 17.0 Å². The lowest BCUT2D eigenvalue weighted by atomic mass is 10.1. The zero-order valence-corrected chi connectivity index (χ0v) is 29.3. The molecule has 0 spiro atoms. The van der Waals surface area contributed by atoms with Crippen LogP contribution in [0.15, 0.2) is 85.2 Å². The van der Waals surface area contributed by atoms with Crippen LogP contribution in [0.5, 0.6) is 17.5 Å². The smallest absolute Gasteiger partial charge is 0.416 e. The van der Waals surface area contributed by atoms with Gasteiger partial charge < -0.3 is 24.3 Å². The Balaban J connectivity index is 0.00000486. The molecular formula is C36H36BrF3N6O4. The number of alkyl halides is 3. The number of piperazine rings is 1. The van der Waals surface area contributed by atoms with Gasteiger partial charge >= 0.3 is 6.18 Å². The van der Waals surface area contributed by atoms with Crippen molar-refractivity contribution in [2.24, 2.45) is 7.05 Å². The maximum atomic E-state index is 13.6. The number of pyridine rings is 2. The van der Waals surface area contributed by atoms with E-state index in [1.54, 1.807) is 18.2 Å². The van der Waals surface area contributed by atoms with Crippen molar-refractivity contribution in [1.82, 2.24) is 24.3 Å². The molecule has 262 valence electrons. The molecule has 2 aromatic carbocycles. The monoisotopic (exact) mass is 752 g/mol. The fraction of sp³-hybridized carbons (Fsp3) is 0.278. The third kappa shape index (κ3) is 8.61. The summed E-state index contributed by atoms with van der Waals surface area (Å²) in [4.78, 5) is 38.9. The zero-order chi connectivity index (χ0) is 34.7. The molecule has 1 saturated heterocycles. The molecule has 6 rings (SSSR count). The highest BCUT2D eigenvalue weighted by Gasteiger charge is 2.30. The Morgan fingerprint density at radius 2 is 1.58 bits per heavy atom. The Hall–Kier alpha value is -4.95. The van der Waals surface area contributed by atoms with Gasteiger partial charge in [0.1, 0.15) is 11.4 Å². The fourth-order valence-electron chi connectivity index (χ4n) is 5.57. The molecule has 0 radical (unpaired) electrons. The second-order valence-electron chi connectivity index (χ2n) is 12.1. The summed E-state index contributed by atoms with van der Waals surface area (Å²) in [5, 5.41) is 3.50. The predicted molar refractivity (Wildman–Crippen MR) is 188 cm³/mol. The Morgan fingerprint density at radius 1 is 0.880 bits per heavy atom. The topological polar surface area (TPSA) is 102 Å². The van der Waals surface area contributed by atoms with E-state index in [2.05, 4.69) is 20.2 Å². The lowest BCUT2D eigenvalue weighted by Crippen LogP contribution is -2.48. The minimum atomic E-state index is -4.48. The van der Waals surface area contributed by atoms with E-state index in [0.717, 1.165) is 60.4 Å². The van der Waals surface area contributed by atoms with Crippen molar-refractivity contribution in [2.75, 3.05) is 31.5 Å². The first-order valence-electron chi connectivity index (χ1n) is 15.8. The van der Waals surface area contributed by atoms with Crippen molar-refractivity contribution in [3.63, 3.8) is 0 Å². The fourth-order valence-corrected chi connectivity index (χ4v) is 5.57. The zero-order valence-electron chi connectivity index (χ0n) is 27.6. The number of rotatable bonds is 9. The number of hydrogen-bond donors (Lipinski definition) is 1. The van der Waals surface area contributed by atoms with Gasteiger partial charge in [-0.05, 0) is 67.9 Å². The van der Waals surface area contributed by atoms with Gasteiger partial charge in [0.2, 0.25) is 11.8 Å². The van der Waals surface area contributed by atoms with E-state index in [0.29, 0.717) is 36.1 Å². The Morgan fingerprint density at radius 3 is 2.20 bits per heavy atom. The van der Waals surface area contributed by atoms with Crippen LogP contribution in [0.3, 0.4) is 0 Å². The molecule has 50 heavy (non-hydrogen) atoms. The Kier molecular flexibility index (Phi) is 11.1. The number of halogens is 4. The molecule has 5 aromatic rings. The summed E-state index contributed by atoms with van der Waals surface area (Å²) in [6, 6.07) is 18.4. The average molecular weight is 754 g/mol. The first-order valence-corrected chi connectivity index (χ1v) is 15.8. The minimum Gasteiger partial charge on any atom is -0.475 e. The van der Waals surface area contributed by atoms with E-state index in [1.165, 1.54) is 6.20 Å². The van der Waals surface area contributed by atoms with Crippen LogP contribution in [-0.2, 0) is 19.8 Å². The lowest BCUT2D eigenvalue weighted by Gasteiger charge is -2.34. The van der Waals surface area contributed by atoms with E-state index in [9.17, 15) is 22.8 Å². The maximum Gasteiger partial charge on any atom is 0.416 e. The number of nitrogens with zero attached hydrogens (tertiary/aromatic N) is 5. The van der Waals surface area contributed by atoms with Crippen molar-refractivity contribution in [2.45, 2.75) is 32.7 Å². The van der Waals surface area contributed by atoms with Crippen LogP contribution in [0.1, 0.15) is 45.8 Å². The summed E-state index contributed by atoms with van der Waals surface area (Å²) in [6.45, 7) is 7.42. The third-order valence-electron chi connectivity index (χ3n) is 8.15. The quantitative estimate of drug-likeness (QED) is 0.168. The van der Waals surface area contributed by atoms with Crippen molar-refractivity contribution < 1.29 is 32.2 Å². The van der Waals surface area contributed by atoms with Crippen molar-refractivity contribution in [3.8, 4) is 17.5 Å². The molecule has 0 saturated carbocycles. The minimum absolute atomic E-state index is 0. The molecule has 2 amide bonds. The number of nitrogens with one attached hydrogen (secondary N) is 1. The molecule has 1 aliphatic rings. The molecule has 0 bridgehead atoms. The van der Waals surface area contributed by atoms with Crippen LogP contribution in [0.2, 0.25) is 0 Å². The summed E-state index contributed by atoms with van der Waals surface area (Å²) >= 11 is 0. The number of benzene rings is 2. The molecular weight excluding hydrogens is 717 g/mol. The van der Waals surface area contributed by atoms with Gasteiger partial charge in [-0.25, -0.2) is 9.97 Å². The standard InChI is InChI=1S/C36H35F3N6O4.BrH/c1-23(2)48-32-12-4-24(20-40-32)22-44-14-16-45(17-15-44)35(47)31-18-26-7-11-29(19-30(26)43(31)3)49-33-13-10-28(21-41-33)42-34(46)25-5-8-27(9-6-25)36(37,38)39;/h4-13,18-21,23H,14-17,22H2,1-3H3,(H,42,46);1H. The van der Waals surface area contributed by atoms with E-state index in [-0.39, 0.29) is 40.4 Å². The second-order valence-corrected chi connectivity index (χ2v) is 12.1. The predicted octanol–water partition coefficient (Wildman–Crippen LogP) is 7.35. The highest BCUT2D eigenvalue weighted by molar-refractivity contribution is 8.93. The van der Waals surface area contributed by atoms with Crippen LogP contribution in [0.4, 0.5) is 18.9 Å². The number of carbonyl (C=O) groups is 2. The molecule has 1 aliphatic heterocycles. The SMILES string of the molecule is Br.CC(C)Oc1ccc(CN2CCN(C(=O)c3cc4ccc(Oc5ccc(NC(=O)c6ccc(C(F)(F)F)cc6)cn5)cc4n3C)CC2)cn1. The summed E-state index contributed by atoms with van der Waals surface area (Å²) in [5.74, 6) is 0.786. The van der Waals surface area contributed by atoms with Gasteiger partial charge in [0.05, 0.1) is 29.1 Å². The van der Waals surface area contributed by atoms with Crippen molar-refractivity contribution in [3.05, 3.63) is 108 Å². The Labute approximate surface area is 297 Å². The van der Waals surface area contributed by atoms with Gasteiger partial charge in [-0.3, -0.25) is 14.5 Å². The highest BCUT2D eigenvalue weighted by Crippen LogP contribution is 2.30. The molecule has 3 aromatic heterocycles. The van der Waals surface area contributed by atoms with Crippen molar-refractivity contribution >= 4 is 45.4 Å². The number of ether oxygens (including phenoxy) is 2. The number of anilines is 1. The molecule has 14 heteroatoms. The third-order valence-corrected chi connectivity index (χ3v) is 8.15. The van der Waals surface area contributed by atoms with Crippen LogP contribution in [-0.4, -0.2) is 68.4 Å². The second kappa shape index (κ2) is 15.3. The summed E-state index contributed by atoms with van der Waals surface area (Å²) in [5.41, 5.74) is 2.09. The molecule has 0 unspecified atom stereocenters. The van der Waals surface area contributed by atoms with E-state index < -0.39 is 17.6 Å². The molecule has 1 N–H and O–H groups in total. The number of aryl methyl sites for hydroxylation is 1. The van der Waals surface area contributed by atoms with Crippen LogP contribution < -0.4 is 14.8 Å². The van der Waals surface area contributed by atoms with Gasteiger partial charge in [0.25, 0.3) is 11.8 Å². The maximum absolute atomic E-state index is 13.6.